The fraction of sp³-hybridized carbons (Fsp3) is 0.550. The van der Waals surface area contributed by atoms with Crippen molar-refractivity contribution in [2.45, 2.75) is 40.2 Å². The summed E-state index contributed by atoms with van der Waals surface area (Å²) in [6.07, 6.45) is 0.278. The van der Waals surface area contributed by atoms with Crippen LogP contribution in [0.1, 0.15) is 44.5 Å². The summed E-state index contributed by atoms with van der Waals surface area (Å²) in [5, 5.41) is 14.6. The first kappa shape index (κ1) is 23.3. The zero-order valence-electron chi connectivity index (χ0n) is 17.3. The number of rotatable bonds is 10. The van der Waals surface area contributed by atoms with Crippen molar-refractivity contribution in [3.05, 3.63) is 23.8 Å². The fourth-order valence-corrected chi connectivity index (χ4v) is 2.41. The van der Waals surface area contributed by atoms with Crippen LogP contribution in [0.4, 0.5) is 0 Å². The molecule has 2 amide bonds. The predicted molar refractivity (Wildman–Crippen MR) is 105 cm³/mol. The van der Waals surface area contributed by atoms with E-state index >= 15 is 0 Å². The summed E-state index contributed by atoms with van der Waals surface area (Å²) in [6.45, 7) is 7.03. The van der Waals surface area contributed by atoms with Gasteiger partial charge in [0, 0.05) is 18.2 Å². The van der Waals surface area contributed by atoms with Gasteiger partial charge in [-0.3, -0.25) is 14.4 Å². The molecule has 0 bridgehead atoms. The van der Waals surface area contributed by atoms with Gasteiger partial charge in [-0.05, 0) is 38.3 Å². The van der Waals surface area contributed by atoms with Gasteiger partial charge in [-0.1, -0.05) is 13.8 Å². The molecule has 0 aliphatic rings. The van der Waals surface area contributed by atoms with Gasteiger partial charge in [0.15, 0.2) is 0 Å². The van der Waals surface area contributed by atoms with E-state index in [1.165, 1.54) is 14.2 Å². The second-order valence-electron chi connectivity index (χ2n) is 7.53. The average molecular weight is 394 g/mol. The molecule has 1 aromatic carbocycles. The Hall–Kier alpha value is -2.77. The minimum atomic E-state index is -0.943. The lowest BCUT2D eigenvalue weighted by molar-refractivity contribution is -0.147. The molecule has 0 aliphatic carbocycles. The van der Waals surface area contributed by atoms with E-state index in [1.54, 1.807) is 32.0 Å². The minimum absolute atomic E-state index is 0.163. The van der Waals surface area contributed by atoms with Gasteiger partial charge in [-0.25, -0.2) is 0 Å². The maximum Gasteiger partial charge on any atom is 0.309 e. The van der Waals surface area contributed by atoms with Crippen molar-refractivity contribution in [3.8, 4) is 11.5 Å². The van der Waals surface area contributed by atoms with Crippen molar-refractivity contribution in [2.24, 2.45) is 11.3 Å². The second kappa shape index (κ2) is 9.96. The molecule has 0 spiro atoms. The van der Waals surface area contributed by atoms with Crippen molar-refractivity contribution < 1.29 is 29.0 Å². The molecule has 1 rings (SSSR count). The number of carbonyl (C=O) groups excluding carboxylic acids is 2. The van der Waals surface area contributed by atoms with E-state index in [9.17, 15) is 14.4 Å². The Balaban J connectivity index is 2.83. The Morgan fingerprint density at radius 3 is 2.04 bits per heavy atom. The first-order valence-corrected chi connectivity index (χ1v) is 9.07. The van der Waals surface area contributed by atoms with Crippen molar-refractivity contribution in [2.75, 3.05) is 20.8 Å². The Kier molecular flexibility index (Phi) is 8.28. The summed E-state index contributed by atoms with van der Waals surface area (Å²) >= 11 is 0. The quantitative estimate of drug-likeness (QED) is 0.560. The van der Waals surface area contributed by atoms with Gasteiger partial charge in [-0.2, -0.15) is 0 Å². The van der Waals surface area contributed by atoms with E-state index in [2.05, 4.69) is 10.6 Å². The maximum absolute atomic E-state index is 12.6. The van der Waals surface area contributed by atoms with Crippen LogP contribution in [0.25, 0.3) is 0 Å². The Bertz CT molecular complexity index is 692. The summed E-state index contributed by atoms with van der Waals surface area (Å²) < 4.78 is 10.3. The van der Waals surface area contributed by atoms with Gasteiger partial charge in [0.1, 0.15) is 17.5 Å². The molecule has 0 heterocycles. The Morgan fingerprint density at radius 1 is 1.07 bits per heavy atom. The molecule has 0 saturated heterocycles. The van der Waals surface area contributed by atoms with Gasteiger partial charge >= 0.3 is 5.97 Å². The second-order valence-corrected chi connectivity index (χ2v) is 7.53. The van der Waals surface area contributed by atoms with Crippen LogP contribution in [0.5, 0.6) is 11.5 Å². The number of amides is 2. The first-order chi connectivity index (χ1) is 13.0. The number of carbonyl (C=O) groups is 3. The number of ether oxygens (including phenoxy) is 2. The molecule has 1 atom stereocenters. The number of methoxy groups -OCH3 is 2. The summed E-state index contributed by atoms with van der Waals surface area (Å²) in [5.41, 5.74) is -0.636. The third kappa shape index (κ3) is 6.44. The number of benzene rings is 1. The molecule has 0 radical (unpaired) electrons. The molecule has 8 nitrogen and oxygen atoms in total. The van der Waals surface area contributed by atoms with E-state index in [0.717, 1.165) is 0 Å². The topological polar surface area (TPSA) is 114 Å². The van der Waals surface area contributed by atoms with Gasteiger partial charge in [-0.15, -0.1) is 0 Å². The highest BCUT2D eigenvalue weighted by atomic mass is 16.5. The van der Waals surface area contributed by atoms with Crippen molar-refractivity contribution in [1.82, 2.24) is 10.6 Å². The van der Waals surface area contributed by atoms with Gasteiger partial charge in [0.05, 0.1) is 19.6 Å². The zero-order valence-corrected chi connectivity index (χ0v) is 17.3. The number of carboxylic acids is 1. The number of carboxylic acid groups (broad SMARTS) is 1. The minimum Gasteiger partial charge on any atom is -0.497 e. The Labute approximate surface area is 165 Å². The van der Waals surface area contributed by atoms with Crippen molar-refractivity contribution in [1.29, 1.82) is 0 Å². The van der Waals surface area contributed by atoms with Crippen LogP contribution >= 0.6 is 0 Å². The molecule has 28 heavy (non-hydrogen) atoms. The van der Waals surface area contributed by atoms with Gasteiger partial charge < -0.3 is 25.2 Å². The van der Waals surface area contributed by atoms with Crippen LogP contribution in [-0.4, -0.2) is 49.7 Å². The smallest absolute Gasteiger partial charge is 0.309 e. The Morgan fingerprint density at radius 2 is 1.61 bits per heavy atom. The van der Waals surface area contributed by atoms with Crippen LogP contribution in [0, 0.1) is 11.3 Å². The molecule has 8 heteroatoms. The monoisotopic (exact) mass is 394 g/mol. The van der Waals surface area contributed by atoms with E-state index in [4.69, 9.17) is 14.6 Å². The number of hydrogen-bond donors (Lipinski definition) is 3. The van der Waals surface area contributed by atoms with Gasteiger partial charge in [0.25, 0.3) is 5.91 Å². The number of aliphatic carboxylic acids is 1. The highest BCUT2D eigenvalue weighted by molar-refractivity contribution is 5.98. The number of hydrogen-bond acceptors (Lipinski definition) is 5. The predicted octanol–water partition coefficient (Wildman–Crippen LogP) is 2.08. The lowest BCUT2D eigenvalue weighted by Crippen LogP contribution is -2.50. The van der Waals surface area contributed by atoms with Gasteiger partial charge in [0.2, 0.25) is 5.91 Å². The zero-order chi connectivity index (χ0) is 21.5. The standard InChI is InChI=1S/C20H30N2O6/c1-12(2)16(18(24)21-8-7-20(3,4)19(25)26)22-17(23)13-9-14(27-5)11-15(10-13)28-6/h9-12,16H,7-8H2,1-6H3,(H,21,24)(H,22,23)(H,25,26). The summed E-state index contributed by atoms with van der Waals surface area (Å²) in [6, 6.07) is 4.00. The molecular weight excluding hydrogens is 364 g/mol. The molecule has 1 aromatic rings. The normalized spacial score (nSPS) is 12.2. The summed E-state index contributed by atoms with van der Waals surface area (Å²) in [7, 11) is 2.97. The van der Waals surface area contributed by atoms with Crippen LogP contribution in [0.2, 0.25) is 0 Å². The van der Waals surface area contributed by atoms with E-state index < -0.39 is 23.3 Å². The molecule has 156 valence electrons. The highest BCUT2D eigenvalue weighted by Crippen LogP contribution is 2.23. The number of nitrogens with one attached hydrogen (secondary N) is 2. The molecular formula is C20H30N2O6. The largest absolute Gasteiger partial charge is 0.497 e. The first-order valence-electron chi connectivity index (χ1n) is 9.07. The van der Waals surface area contributed by atoms with Crippen LogP contribution in [0.3, 0.4) is 0 Å². The lowest BCUT2D eigenvalue weighted by Gasteiger charge is -2.24. The molecule has 3 N–H and O–H groups in total. The van der Waals surface area contributed by atoms with Crippen LogP contribution in [0.15, 0.2) is 18.2 Å². The third-order valence-electron chi connectivity index (χ3n) is 4.48. The van der Waals surface area contributed by atoms with Crippen LogP contribution < -0.4 is 20.1 Å². The molecule has 0 aromatic heterocycles. The third-order valence-corrected chi connectivity index (χ3v) is 4.48. The van der Waals surface area contributed by atoms with Crippen molar-refractivity contribution >= 4 is 17.8 Å². The van der Waals surface area contributed by atoms with Crippen LogP contribution in [-0.2, 0) is 9.59 Å². The van der Waals surface area contributed by atoms with E-state index in [0.29, 0.717) is 17.1 Å². The molecule has 0 aliphatic heterocycles. The molecule has 0 fully saturated rings. The average Bonchev–Trinajstić information content (AvgIpc) is 2.64. The molecule has 0 saturated carbocycles. The molecule has 1 unspecified atom stereocenters. The maximum atomic E-state index is 12.6. The highest BCUT2D eigenvalue weighted by Gasteiger charge is 2.28. The summed E-state index contributed by atoms with van der Waals surface area (Å²) in [4.78, 5) is 36.3. The van der Waals surface area contributed by atoms with E-state index in [-0.39, 0.29) is 24.8 Å². The SMILES string of the molecule is COc1cc(OC)cc(C(=O)NC(C(=O)NCCC(C)(C)C(=O)O)C(C)C)c1. The fourth-order valence-electron chi connectivity index (χ4n) is 2.41. The van der Waals surface area contributed by atoms with Crippen molar-refractivity contribution in [3.63, 3.8) is 0 Å². The lowest BCUT2D eigenvalue weighted by atomic mass is 9.89. The summed E-state index contributed by atoms with van der Waals surface area (Å²) in [5.74, 6) is -0.959. The van der Waals surface area contributed by atoms with E-state index in [1.807, 2.05) is 13.8 Å².